The second-order valence-electron chi connectivity index (χ2n) is 8.41. The van der Waals surface area contributed by atoms with E-state index in [1.54, 1.807) is 0 Å². The minimum Gasteiger partial charge on any atom is -0.303 e. The van der Waals surface area contributed by atoms with Gasteiger partial charge in [-0.15, -0.1) is 0 Å². The van der Waals surface area contributed by atoms with E-state index in [4.69, 9.17) is 0 Å². The molecule has 3 nitrogen and oxygen atoms in total. The topological polar surface area (TPSA) is 25.2 Å². The van der Waals surface area contributed by atoms with Gasteiger partial charge in [-0.2, -0.15) is 0 Å². The molecule has 2 aromatic carbocycles. The third-order valence-corrected chi connectivity index (χ3v) is 6.67. The van der Waals surface area contributed by atoms with Gasteiger partial charge in [0.2, 0.25) is 0 Å². The number of rotatable bonds is 5. The summed E-state index contributed by atoms with van der Waals surface area (Å²) in [5.41, 5.74) is 4.32. The van der Waals surface area contributed by atoms with E-state index < -0.39 is 0 Å². The molecular weight excluding hydrogens is 424 g/mol. The molecule has 0 spiro atoms. The molecule has 3 aromatic rings. The number of benzene rings is 2. The summed E-state index contributed by atoms with van der Waals surface area (Å²) < 4.78 is 3.04. The minimum atomic E-state index is 0.102. The molecule has 4 heteroatoms. The molecular formula is C25H29BrN2O. The van der Waals surface area contributed by atoms with E-state index in [1.807, 2.05) is 35.8 Å². The number of halogens is 1. The second kappa shape index (κ2) is 8.85. The van der Waals surface area contributed by atoms with Crippen LogP contribution in [0.1, 0.15) is 48.8 Å². The van der Waals surface area contributed by atoms with Crippen molar-refractivity contribution in [3.8, 4) is 0 Å². The molecule has 1 aliphatic rings. The molecule has 152 valence electrons. The molecule has 1 saturated carbocycles. The van der Waals surface area contributed by atoms with Crippen LogP contribution >= 0.6 is 15.9 Å². The Bertz CT molecular complexity index is 1050. The van der Waals surface area contributed by atoms with Crippen LogP contribution in [-0.4, -0.2) is 22.6 Å². The minimum absolute atomic E-state index is 0.102. The Balaban J connectivity index is 1.80. The van der Waals surface area contributed by atoms with Crippen molar-refractivity contribution >= 4 is 26.8 Å². The monoisotopic (exact) mass is 452 g/mol. The fourth-order valence-electron chi connectivity index (χ4n) is 4.68. The fourth-order valence-corrected chi connectivity index (χ4v) is 5.21. The Morgan fingerprint density at radius 1 is 1.07 bits per heavy atom. The van der Waals surface area contributed by atoms with Crippen molar-refractivity contribution in [2.75, 3.05) is 7.05 Å². The van der Waals surface area contributed by atoms with Crippen LogP contribution in [0.2, 0.25) is 0 Å². The maximum absolute atomic E-state index is 13.1. The van der Waals surface area contributed by atoms with Gasteiger partial charge >= 0.3 is 0 Å². The Morgan fingerprint density at radius 2 is 1.79 bits per heavy atom. The highest BCUT2D eigenvalue weighted by Crippen LogP contribution is 2.28. The molecule has 0 saturated heterocycles. The number of fused-ring (bicyclic) bond motifs is 1. The van der Waals surface area contributed by atoms with Crippen LogP contribution in [0, 0.1) is 6.92 Å². The number of pyridine rings is 1. The summed E-state index contributed by atoms with van der Waals surface area (Å²) in [5, 5.41) is 1.12. The summed E-state index contributed by atoms with van der Waals surface area (Å²) in [4.78, 5) is 15.6. The molecule has 1 fully saturated rings. The van der Waals surface area contributed by atoms with Gasteiger partial charge in [0, 0.05) is 28.0 Å². The van der Waals surface area contributed by atoms with Crippen molar-refractivity contribution in [2.45, 2.75) is 58.2 Å². The Labute approximate surface area is 181 Å². The molecule has 0 amide bonds. The van der Waals surface area contributed by atoms with E-state index in [9.17, 15) is 4.79 Å². The summed E-state index contributed by atoms with van der Waals surface area (Å²) in [6.07, 6.45) is 6.56. The quantitative estimate of drug-likeness (QED) is 0.482. The summed E-state index contributed by atoms with van der Waals surface area (Å²) in [6, 6.07) is 17.3. The molecule has 0 aliphatic heterocycles. The zero-order chi connectivity index (χ0) is 20.4. The number of aryl methyl sites for hydroxylation is 1. The Hall–Kier alpha value is -1.91. The van der Waals surface area contributed by atoms with Crippen LogP contribution in [0.15, 0.2) is 57.8 Å². The van der Waals surface area contributed by atoms with Crippen molar-refractivity contribution in [1.82, 2.24) is 9.47 Å². The summed E-state index contributed by atoms with van der Waals surface area (Å²) >= 11 is 3.70. The number of nitrogens with zero attached hydrogens (tertiary/aromatic N) is 2. The van der Waals surface area contributed by atoms with E-state index in [-0.39, 0.29) is 5.56 Å². The molecule has 0 radical (unpaired) electrons. The lowest BCUT2D eigenvalue weighted by atomic mass is 9.94. The lowest BCUT2D eigenvalue weighted by Crippen LogP contribution is -2.33. The third kappa shape index (κ3) is 4.49. The van der Waals surface area contributed by atoms with Gasteiger partial charge in [0.05, 0.1) is 12.1 Å². The van der Waals surface area contributed by atoms with Crippen LogP contribution in [0.5, 0.6) is 0 Å². The zero-order valence-electron chi connectivity index (χ0n) is 17.3. The van der Waals surface area contributed by atoms with Gasteiger partial charge in [0.15, 0.2) is 0 Å². The van der Waals surface area contributed by atoms with Gasteiger partial charge < -0.3 is 4.57 Å². The van der Waals surface area contributed by atoms with Crippen LogP contribution in [0.4, 0.5) is 0 Å². The maximum Gasteiger partial charge on any atom is 0.254 e. The average molecular weight is 453 g/mol. The highest BCUT2D eigenvalue weighted by molar-refractivity contribution is 9.10. The predicted molar refractivity (Wildman–Crippen MR) is 125 cm³/mol. The van der Waals surface area contributed by atoms with Gasteiger partial charge in [-0.25, -0.2) is 0 Å². The molecule has 1 aromatic heterocycles. The smallest absolute Gasteiger partial charge is 0.254 e. The first-order chi connectivity index (χ1) is 14.0. The highest BCUT2D eigenvalue weighted by Gasteiger charge is 2.20. The Morgan fingerprint density at radius 3 is 2.52 bits per heavy atom. The van der Waals surface area contributed by atoms with Gasteiger partial charge in [0.25, 0.3) is 5.56 Å². The van der Waals surface area contributed by atoms with Crippen molar-refractivity contribution in [3.63, 3.8) is 0 Å². The van der Waals surface area contributed by atoms with E-state index >= 15 is 0 Å². The first kappa shape index (κ1) is 20.4. The Kier molecular flexibility index (Phi) is 6.21. The molecule has 0 unspecified atom stereocenters. The predicted octanol–water partition coefficient (Wildman–Crippen LogP) is 5.89. The summed E-state index contributed by atoms with van der Waals surface area (Å²) in [6.45, 7) is 3.37. The molecule has 0 bridgehead atoms. The highest BCUT2D eigenvalue weighted by atomic mass is 79.9. The van der Waals surface area contributed by atoms with Gasteiger partial charge in [-0.3, -0.25) is 9.69 Å². The SMILES string of the molecule is Cc1cc2cc(Br)cc(CN(C)C3CCCCC3)c2n(Cc2ccccc2)c1=O. The van der Waals surface area contributed by atoms with Crippen LogP contribution in [0.25, 0.3) is 10.9 Å². The normalized spacial score (nSPS) is 15.3. The second-order valence-corrected chi connectivity index (χ2v) is 9.33. The van der Waals surface area contributed by atoms with E-state index in [0.717, 1.165) is 33.0 Å². The molecule has 29 heavy (non-hydrogen) atoms. The molecule has 0 atom stereocenters. The lowest BCUT2D eigenvalue weighted by Gasteiger charge is -2.31. The number of hydrogen-bond acceptors (Lipinski definition) is 2. The molecule has 1 heterocycles. The van der Waals surface area contributed by atoms with Gasteiger partial charge in [-0.1, -0.05) is 65.5 Å². The first-order valence-electron chi connectivity index (χ1n) is 10.6. The van der Waals surface area contributed by atoms with Crippen LogP contribution < -0.4 is 5.56 Å². The fraction of sp³-hybridized carbons (Fsp3) is 0.400. The first-order valence-corrected chi connectivity index (χ1v) is 11.4. The summed E-state index contributed by atoms with van der Waals surface area (Å²) in [7, 11) is 2.23. The van der Waals surface area contributed by atoms with Crippen molar-refractivity contribution in [3.05, 3.63) is 80.0 Å². The van der Waals surface area contributed by atoms with Crippen molar-refractivity contribution in [2.24, 2.45) is 0 Å². The molecule has 1 aliphatic carbocycles. The summed E-state index contributed by atoms with van der Waals surface area (Å²) in [5.74, 6) is 0. The van der Waals surface area contributed by atoms with Crippen molar-refractivity contribution in [1.29, 1.82) is 0 Å². The maximum atomic E-state index is 13.1. The number of aromatic nitrogens is 1. The molecule has 0 N–H and O–H groups in total. The lowest BCUT2D eigenvalue weighted by molar-refractivity contribution is 0.185. The largest absolute Gasteiger partial charge is 0.303 e. The van der Waals surface area contributed by atoms with Gasteiger partial charge in [-0.05, 0) is 56.1 Å². The van der Waals surface area contributed by atoms with Crippen LogP contribution in [-0.2, 0) is 13.1 Å². The van der Waals surface area contributed by atoms with Crippen molar-refractivity contribution < 1.29 is 0 Å². The van der Waals surface area contributed by atoms with E-state index in [1.165, 1.54) is 37.7 Å². The molecule has 4 rings (SSSR count). The zero-order valence-corrected chi connectivity index (χ0v) is 18.9. The van der Waals surface area contributed by atoms with E-state index in [0.29, 0.717) is 12.6 Å². The standard InChI is InChI=1S/C25H29BrN2O/c1-18-13-20-14-22(26)15-21(17-27(2)23-11-7-4-8-12-23)24(20)28(25(18)29)16-19-9-5-3-6-10-19/h3,5-6,9-10,13-15,23H,4,7-8,11-12,16-17H2,1-2H3. The van der Waals surface area contributed by atoms with Gasteiger partial charge in [0.1, 0.15) is 0 Å². The third-order valence-electron chi connectivity index (χ3n) is 6.21. The average Bonchev–Trinajstić information content (AvgIpc) is 2.72. The van der Waals surface area contributed by atoms with Crippen LogP contribution in [0.3, 0.4) is 0 Å². The number of hydrogen-bond donors (Lipinski definition) is 0. The van der Waals surface area contributed by atoms with E-state index in [2.05, 4.69) is 52.1 Å².